The third-order valence-electron chi connectivity index (χ3n) is 6.73. The lowest BCUT2D eigenvalue weighted by molar-refractivity contribution is -0.118. The van der Waals surface area contributed by atoms with E-state index >= 15 is 0 Å². The number of benzene rings is 4. The number of methoxy groups -OCH3 is 4. The van der Waals surface area contributed by atoms with Crippen molar-refractivity contribution < 1.29 is 28.5 Å². The molecule has 0 aliphatic rings. The Morgan fingerprint density at radius 2 is 1.48 bits per heavy atom. The number of nitrogens with one attached hydrogen (secondary N) is 1. The smallest absolute Gasteiger partial charge is 0.250 e. The second-order valence-corrected chi connectivity index (χ2v) is 10.6. The van der Waals surface area contributed by atoms with E-state index in [4.69, 9.17) is 23.7 Å². The first-order chi connectivity index (χ1) is 22.5. The van der Waals surface area contributed by atoms with Crippen molar-refractivity contribution in [2.24, 2.45) is 5.10 Å². The number of para-hydroxylation sites is 1. The molecule has 0 atom stereocenters. The Kier molecular flexibility index (Phi) is 10.7. The summed E-state index contributed by atoms with van der Waals surface area (Å²) in [6.07, 6.45) is 1.54. The van der Waals surface area contributed by atoms with Crippen molar-refractivity contribution in [3.05, 3.63) is 102 Å². The van der Waals surface area contributed by atoms with Gasteiger partial charge in [-0.15, -0.1) is 10.2 Å². The summed E-state index contributed by atoms with van der Waals surface area (Å²) in [6, 6.07) is 28.5. The summed E-state index contributed by atoms with van der Waals surface area (Å²) in [7, 11) is 6.23. The molecule has 236 valence electrons. The van der Waals surface area contributed by atoms with E-state index in [9.17, 15) is 4.79 Å². The SMILES string of the molecule is COc1cc(/C=N\NC(=O)CSc2nnc(-c3cc(OC)c(OC)c(OC)c3)n2-c2ccccc2)ccc1OCc1ccccc1. The predicted octanol–water partition coefficient (Wildman–Crippen LogP) is 5.79. The van der Waals surface area contributed by atoms with Gasteiger partial charge in [0.05, 0.1) is 40.4 Å². The fourth-order valence-corrected chi connectivity index (χ4v) is 5.27. The van der Waals surface area contributed by atoms with E-state index in [-0.39, 0.29) is 11.7 Å². The summed E-state index contributed by atoms with van der Waals surface area (Å²) >= 11 is 1.23. The summed E-state index contributed by atoms with van der Waals surface area (Å²) in [4.78, 5) is 12.8. The highest BCUT2D eigenvalue weighted by Gasteiger charge is 2.21. The molecule has 0 unspecified atom stereocenters. The van der Waals surface area contributed by atoms with Crippen LogP contribution in [0.25, 0.3) is 17.1 Å². The summed E-state index contributed by atoms with van der Waals surface area (Å²) in [5.74, 6) is 2.88. The number of carbonyl (C=O) groups excluding carboxylic acids is 1. The van der Waals surface area contributed by atoms with E-state index in [1.54, 1.807) is 52.9 Å². The van der Waals surface area contributed by atoms with Crippen molar-refractivity contribution in [3.8, 4) is 45.8 Å². The monoisotopic (exact) mass is 639 g/mol. The molecule has 5 aromatic rings. The molecule has 1 N–H and O–H groups in total. The van der Waals surface area contributed by atoms with Crippen molar-refractivity contribution in [2.45, 2.75) is 11.8 Å². The van der Waals surface area contributed by atoms with Crippen LogP contribution in [0.3, 0.4) is 0 Å². The molecule has 12 heteroatoms. The van der Waals surface area contributed by atoms with Crippen molar-refractivity contribution in [3.63, 3.8) is 0 Å². The zero-order chi connectivity index (χ0) is 32.3. The maximum Gasteiger partial charge on any atom is 0.250 e. The topological polar surface area (TPSA) is 118 Å². The van der Waals surface area contributed by atoms with Gasteiger partial charge in [-0.1, -0.05) is 60.3 Å². The van der Waals surface area contributed by atoms with Crippen LogP contribution in [0.5, 0.6) is 28.7 Å². The number of hydrogen-bond donors (Lipinski definition) is 1. The first kappa shape index (κ1) is 31.9. The van der Waals surface area contributed by atoms with Crippen LogP contribution in [0.4, 0.5) is 0 Å². The van der Waals surface area contributed by atoms with Crippen LogP contribution in [-0.2, 0) is 11.4 Å². The Morgan fingerprint density at radius 3 is 2.13 bits per heavy atom. The number of rotatable bonds is 14. The van der Waals surface area contributed by atoms with Crippen LogP contribution in [-0.4, -0.2) is 61.1 Å². The molecule has 1 aromatic heterocycles. The number of aromatic nitrogens is 3. The lowest BCUT2D eigenvalue weighted by Gasteiger charge is -2.15. The predicted molar refractivity (Wildman–Crippen MR) is 177 cm³/mol. The highest BCUT2D eigenvalue weighted by molar-refractivity contribution is 7.99. The molecule has 4 aromatic carbocycles. The van der Waals surface area contributed by atoms with Gasteiger partial charge in [-0.05, 0) is 53.6 Å². The van der Waals surface area contributed by atoms with Crippen molar-refractivity contribution in [1.29, 1.82) is 0 Å². The number of nitrogens with zero attached hydrogens (tertiary/aromatic N) is 4. The van der Waals surface area contributed by atoms with Gasteiger partial charge in [-0.3, -0.25) is 9.36 Å². The van der Waals surface area contributed by atoms with E-state index < -0.39 is 0 Å². The molecule has 1 amide bonds. The zero-order valence-electron chi connectivity index (χ0n) is 25.8. The maximum absolute atomic E-state index is 12.8. The van der Waals surface area contributed by atoms with Crippen LogP contribution in [0.2, 0.25) is 0 Å². The molecule has 1 heterocycles. The summed E-state index contributed by atoms with van der Waals surface area (Å²) in [6.45, 7) is 0.417. The summed E-state index contributed by atoms with van der Waals surface area (Å²) in [5, 5.41) is 13.5. The molecule has 46 heavy (non-hydrogen) atoms. The minimum atomic E-state index is -0.312. The Balaban J connectivity index is 1.27. The van der Waals surface area contributed by atoms with Gasteiger partial charge in [0.2, 0.25) is 5.75 Å². The molecule has 0 spiro atoms. The largest absolute Gasteiger partial charge is 0.493 e. The van der Waals surface area contributed by atoms with Crippen LogP contribution in [0, 0.1) is 0 Å². The lowest BCUT2D eigenvalue weighted by Crippen LogP contribution is -2.20. The van der Waals surface area contributed by atoms with Crippen molar-refractivity contribution in [2.75, 3.05) is 34.2 Å². The molecule has 0 bridgehead atoms. The molecule has 0 fully saturated rings. The van der Waals surface area contributed by atoms with E-state index in [0.29, 0.717) is 51.9 Å². The first-order valence-corrected chi connectivity index (χ1v) is 15.1. The van der Waals surface area contributed by atoms with Crippen molar-refractivity contribution in [1.82, 2.24) is 20.2 Å². The Bertz CT molecular complexity index is 1770. The van der Waals surface area contributed by atoms with E-state index in [1.165, 1.54) is 11.8 Å². The quantitative estimate of drug-likeness (QED) is 0.0915. The third-order valence-corrected chi connectivity index (χ3v) is 7.66. The van der Waals surface area contributed by atoms with E-state index in [0.717, 1.165) is 16.8 Å². The third kappa shape index (κ3) is 7.59. The van der Waals surface area contributed by atoms with E-state index in [1.807, 2.05) is 77.4 Å². The van der Waals surface area contributed by atoms with Crippen LogP contribution in [0.15, 0.2) is 101 Å². The van der Waals surface area contributed by atoms with Crippen LogP contribution >= 0.6 is 11.8 Å². The number of amides is 1. The highest BCUT2D eigenvalue weighted by atomic mass is 32.2. The van der Waals surface area contributed by atoms with Crippen LogP contribution in [0.1, 0.15) is 11.1 Å². The zero-order valence-corrected chi connectivity index (χ0v) is 26.6. The van der Waals surface area contributed by atoms with Gasteiger partial charge in [-0.25, -0.2) is 5.43 Å². The minimum Gasteiger partial charge on any atom is -0.493 e. The van der Waals surface area contributed by atoms with Crippen LogP contribution < -0.4 is 29.1 Å². The molecular weight excluding hydrogens is 606 g/mol. The average molecular weight is 640 g/mol. The first-order valence-electron chi connectivity index (χ1n) is 14.1. The Labute approximate surface area is 271 Å². The molecule has 5 rings (SSSR count). The van der Waals surface area contributed by atoms with Gasteiger partial charge < -0.3 is 23.7 Å². The van der Waals surface area contributed by atoms with Gasteiger partial charge in [0, 0.05) is 11.3 Å². The van der Waals surface area contributed by atoms with Gasteiger partial charge >= 0.3 is 0 Å². The number of hydrogen-bond acceptors (Lipinski definition) is 10. The average Bonchev–Trinajstić information content (AvgIpc) is 3.54. The Hall–Kier alpha value is -5.49. The normalized spacial score (nSPS) is 10.9. The number of thioether (sulfide) groups is 1. The molecule has 0 aliphatic carbocycles. The molecule has 11 nitrogen and oxygen atoms in total. The number of carbonyl (C=O) groups is 1. The molecule has 0 saturated heterocycles. The molecule has 0 aliphatic heterocycles. The highest BCUT2D eigenvalue weighted by Crippen LogP contribution is 2.41. The second kappa shape index (κ2) is 15.5. The van der Waals surface area contributed by atoms with E-state index in [2.05, 4.69) is 20.7 Å². The molecular formula is C34H33N5O6S. The Morgan fingerprint density at radius 1 is 0.804 bits per heavy atom. The second-order valence-electron chi connectivity index (χ2n) is 9.66. The fourth-order valence-electron chi connectivity index (χ4n) is 4.53. The van der Waals surface area contributed by atoms with Gasteiger partial charge in [0.25, 0.3) is 5.91 Å². The van der Waals surface area contributed by atoms with Crippen molar-refractivity contribution >= 4 is 23.9 Å². The van der Waals surface area contributed by atoms with Gasteiger partial charge in [0.15, 0.2) is 34.0 Å². The molecule has 0 saturated carbocycles. The fraction of sp³-hybridized carbons (Fsp3) is 0.176. The minimum absolute atomic E-state index is 0.0488. The number of hydrazone groups is 1. The van der Waals surface area contributed by atoms with Gasteiger partial charge in [0.1, 0.15) is 6.61 Å². The lowest BCUT2D eigenvalue weighted by atomic mass is 10.1. The standard InChI is InChI=1S/C34H33N5O6S/c1-41-28-17-24(15-16-27(28)45-21-23-11-7-5-8-12-23)20-35-36-31(40)22-46-34-38-37-33(39(34)26-13-9-6-10-14-26)25-18-29(42-2)32(44-4)30(19-25)43-3/h5-20H,21-22H2,1-4H3,(H,36,40)/b35-20-. The summed E-state index contributed by atoms with van der Waals surface area (Å²) in [5.41, 5.74) is 5.87. The molecule has 0 radical (unpaired) electrons. The summed E-state index contributed by atoms with van der Waals surface area (Å²) < 4.78 is 29.8. The van der Waals surface area contributed by atoms with Gasteiger partial charge in [-0.2, -0.15) is 5.10 Å². The number of ether oxygens (including phenoxy) is 5. The maximum atomic E-state index is 12.8.